The molecule has 0 amide bonds. The van der Waals surface area contributed by atoms with E-state index in [2.05, 4.69) is 35.2 Å². The number of nitrogens with zero attached hydrogens (tertiary/aromatic N) is 3. The Morgan fingerprint density at radius 3 is 1.82 bits per heavy atom. The van der Waals surface area contributed by atoms with Gasteiger partial charge in [0.25, 0.3) is 5.69 Å². The zero-order valence-electron chi connectivity index (χ0n) is 17.8. The minimum absolute atomic E-state index is 0.0609. The molecule has 5 rings (SSSR count). The molecule has 1 aliphatic heterocycles. The highest BCUT2D eigenvalue weighted by Gasteiger charge is 2.29. The summed E-state index contributed by atoms with van der Waals surface area (Å²) in [5.41, 5.74) is 4.90. The first kappa shape index (κ1) is 20.4. The molecule has 4 aromatic carbocycles. The molecule has 1 aliphatic rings. The van der Waals surface area contributed by atoms with Crippen LogP contribution in [0.5, 0.6) is 0 Å². The fraction of sp³-hybridized carbons (Fsp3) is 0.0357. The SMILES string of the molecule is O=[N+]([O-])c1ccc(N2C(c3ccccc3)=NC(c3ccccc3)=CC2c2ccccc2)cc1. The van der Waals surface area contributed by atoms with Crippen molar-refractivity contribution in [2.24, 2.45) is 4.99 Å². The lowest BCUT2D eigenvalue weighted by Crippen LogP contribution is -2.37. The van der Waals surface area contributed by atoms with Crippen LogP contribution in [0, 0.1) is 10.1 Å². The van der Waals surface area contributed by atoms with E-state index in [1.54, 1.807) is 12.1 Å². The van der Waals surface area contributed by atoms with E-state index in [9.17, 15) is 10.1 Å². The molecular formula is C28H21N3O2. The second kappa shape index (κ2) is 8.93. The van der Waals surface area contributed by atoms with Crippen LogP contribution in [-0.2, 0) is 0 Å². The molecular weight excluding hydrogens is 410 g/mol. The average molecular weight is 431 g/mol. The number of anilines is 1. The monoisotopic (exact) mass is 431 g/mol. The number of hydrogen-bond acceptors (Lipinski definition) is 4. The highest BCUT2D eigenvalue weighted by atomic mass is 16.6. The number of amidine groups is 1. The summed E-state index contributed by atoms with van der Waals surface area (Å²) >= 11 is 0. The Hall–Kier alpha value is -4.51. The minimum atomic E-state index is -0.381. The summed E-state index contributed by atoms with van der Waals surface area (Å²) < 4.78 is 0. The molecule has 0 bridgehead atoms. The van der Waals surface area contributed by atoms with Gasteiger partial charge in [-0.05, 0) is 29.3 Å². The Morgan fingerprint density at radius 1 is 0.697 bits per heavy atom. The van der Waals surface area contributed by atoms with E-state index in [4.69, 9.17) is 4.99 Å². The fourth-order valence-corrected chi connectivity index (χ4v) is 4.03. The van der Waals surface area contributed by atoms with Gasteiger partial charge in [0.15, 0.2) is 0 Å². The molecule has 0 aromatic heterocycles. The standard InChI is InChI=1S/C28H21N3O2/c32-31(33)25-18-16-24(17-19-25)30-27(22-12-6-2-7-13-22)20-26(21-10-4-1-5-11-21)29-28(30)23-14-8-3-9-15-23/h1-20,27H. The second-order valence-electron chi connectivity index (χ2n) is 7.72. The third kappa shape index (κ3) is 4.16. The van der Waals surface area contributed by atoms with Gasteiger partial charge < -0.3 is 4.90 Å². The van der Waals surface area contributed by atoms with Gasteiger partial charge in [0.05, 0.1) is 16.7 Å². The van der Waals surface area contributed by atoms with Crippen LogP contribution in [-0.4, -0.2) is 10.8 Å². The summed E-state index contributed by atoms with van der Waals surface area (Å²) in [6, 6.07) is 36.9. The molecule has 5 nitrogen and oxygen atoms in total. The van der Waals surface area contributed by atoms with Crippen LogP contribution in [0.15, 0.2) is 126 Å². The first-order valence-corrected chi connectivity index (χ1v) is 10.7. The normalized spacial score (nSPS) is 15.5. The molecule has 0 aliphatic carbocycles. The number of benzene rings is 4. The summed E-state index contributed by atoms with van der Waals surface area (Å²) in [4.78, 5) is 18.1. The number of hydrogen-bond donors (Lipinski definition) is 0. The molecule has 160 valence electrons. The van der Waals surface area contributed by atoms with Crippen LogP contribution in [0.25, 0.3) is 5.70 Å². The van der Waals surface area contributed by atoms with Crippen molar-refractivity contribution >= 4 is 22.9 Å². The lowest BCUT2D eigenvalue weighted by Gasteiger charge is -2.36. The predicted octanol–water partition coefficient (Wildman–Crippen LogP) is 6.64. The van der Waals surface area contributed by atoms with Gasteiger partial charge in [0.2, 0.25) is 0 Å². The van der Waals surface area contributed by atoms with Crippen LogP contribution in [0.4, 0.5) is 11.4 Å². The summed E-state index contributed by atoms with van der Waals surface area (Å²) in [6.45, 7) is 0. The van der Waals surface area contributed by atoms with Gasteiger partial charge in [-0.25, -0.2) is 4.99 Å². The molecule has 4 aromatic rings. The summed E-state index contributed by atoms with van der Waals surface area (Å²) in [7, 11) is 0. The molecule has 0 spiro atoms. The van der Waals surface area contributed by atoms with Crippen molar-refractivity contribution in [2.75, 3.05) is 4.90 Å². The lowest BCUT2D eigenvalue weighted by molar-refractivity contribution is -0.384. The lowest BCUT2D eigenvalue weighted by atomic mass is 9.97. The Labute approximate surface area is 192 Å². The minimum Gasteiger partial charge on any atom is -0.315 e. The molecule has 1 atom stereocenters. The number of rotatable bonds is 5. The third-order valence-corrected chi connectivity index (χ3v) is 5.63. The molecule has 0 N–H and O–H groups in total. The van der Waals surface area contributed by atoms with Crippen molar-refractivity contribution in [1.82, 2.24) is 0 Å². The Kier molecular flexibility index (Phi) is 5.52. The first-order valence-electron chi connectivity index (χ1n) is 10.7. The maximum absolute atomic E-state index is 11.2. The van der Waals surface area contributed by atoms with Crippen molar-refractivity contribution in [2.45, 2.75) is 6.04 Å². The Balaban J connectivity index is 1.72. The zero-order chi connectivity index (χ0) is 22.6. The van der Waals surface area contributed by atoms with Gasteiger partial charge in [-0.1, -0.05) is 91.0 Å². The van der Waals surface area contributed by atoms with Crippen molar-refractivity contribution in [3.05, 3.63) is 148 Å². The van der Waals surface area contributed by atoms with E-state index in [-0.39, 0.29) is 16.7 Å². The summed E-state index contributed by atoms with van der Waals surface area (Å²) in [6.07, 6.45) is 2.15. The zero-order valence-corrected chi connectivity index (χ0v) is 17.8. The highest BCUT2D eigenvalue weighted by Crippen LogP contribution is 2.37. The third-order valence-electron chi connectivity index (χ3n) is 5.63. The molecule has 0 radical (unpaired) electrons. The van der Waals surface area contributed by atoms with E-state index in [0.29, 0.717) is 0 Å². The molecule has 0 saturated carbocycles. The van der Waals surface area contributed by atoms with Crippen molar-refractivity contribution in [3.63, 3.8) is 0 Å². The molecule has 5 heteroatoms. The number of nitro benzene ring substituents is 1. The number of aliphatic imine (C=N–C) groups is 1. The molecule has 1 unspecified atom stereocenters. The molecule has 1 heterocycles. The van der Waals surface area contributed by atoms with Gasteiger partial charge >= 0.3 is 0 Å². The van der Waals surface area contributed by atoms with Gasteiger partial charge in [-0.2, -0.15) is 0 Å². The van der Waals surface area contributed by atoms with Crippen LogP contribution in [0.1, 0.15) is 22.7 Å². The maximum Gasteiger partial charge on any atom is 0.269 e. The van der Waals surface area contributed by atoms with E-state index in [0.717, 1.165) is 33.9 Å². The largest absolute Gasteiger partial charge is 0.315 e. The summed E-state index contributed by atoms with van der Waals surface area (Å²) in [5.74, 6) is 0.791. The van der Waals surface area contributed by atoms with Gasteiger partial charge in [0.1, 0.15) is 5.84 Å². The number of nitro groups is 1. The van der Waals surface area contributed by atoms with E-state index in [1.165, 1.54) is 12.1 Å². The highest BCUT2D eigenvalue weighted by molar-refractivity contribution is 6.13. The Morgan fingerprint density at radius 2 is 1.24 bits per heavy atom. The fourth-order valence-electron chi connectivity index (χ4n) is 4.03. The van der Waals surface area contributed by atoms with Gasteiger partial charge in [-0.3, -0.25) is 10.1 Å². The van der Waals surface area contributed by atoms with Gasteiger partial charge in [-0.15, -0.1) is 0 Å². The molecule has 0 fully saturated rings. The van der Waals surface area contributed by atoms with E-state index >= 15 is 0 Å². The second-order valence-corrected chi connectivity index (χ2v) is 7.72. The van der Waals surface area contributed by atoms with Crippen molar-refractivity contribution < 1.29 is 4.92 Å². The maximum atomic E-state index is 11.2. The van der Waals surface area contributed by atoms with Crippen LogP contribution < -0.4 is 4.90 Å². The summed E-state index contributed by atoms with van der Waals surface area (Å²) in [5, 5.41) is 11.2. The Bertz CT molecular complexity index is 1320. The molecule has 0 saturated heterocycles. The smallest absolute Gasteiger partial charge is 0.269 e. The van der Waals surface area contributed by atoms with E-state index < -0.39 is 0 Å². The first-order chi connectivity index (χ1) is 16.2. The quantitative estimate of drug-likeness (QED) is 0.263. The van der Waals surface area contributed by atoms with Crippen LogP contribution >= 0.6 is 0 Å². The van der Waals surface area contributed by atoms with Crippen molar-refractivity contribution in [1.29, 1.82) is 0 Å². The van der Waals surface area contributed by atoms with Gasteiger partial charge in [0, 0.05) is 23.4 Å². The topological polar surface area (TPSA) is 58.7 Å². The molecule has 33 heavy (non-hydrogen) atoms. The predicted molar refractivity (Wildman–Crippen MR) is 132 cm³/mol. The van der Waals surface area contributed by atoms with E-state index in [1.807, 2.05) is 66.7 Å². The van der Waals surface area contributed by atoms with Crippen molar-refractivity contribution in [3.8, 4) is 0 Å². The van der Waals surface area contributed by atoms with Crippen LogP contribution in [0.3, 0.4) is 0 Å². The van der Waals surface area contributed by atoms with Crippen LogP contribution in [0.2, 0.25) is 0 Å². The number of non-ortho nitro benzene ring substituents is 1. The average Bonchev–Trinajstić information content (AvgIpc) is 2.89.